The number of fused-ring (bicyclic) bond motifs is 10. The maximum Gasteiger partial charge on any atom is 0.154 e. The highest BCUT2D eigenvalue weighted by atomic mass is 16.3. The van der Waals surface area contributed by atoms with Crippen LogP contribution >= 0.6 is 0 Å². The van der Waals surface area contributed by atoms with Crippen molar-refractivity contribution >= 4 is 65.9 Å². The molecular formula is C32H18N2O2. The van der Waals surface area contributed by atoms with Gasteiger partial charge in [0.25, 0.3) is 0 Å². The molecule has 168 valence electrons. The fraction of sp³-hybridized carbons (Fsp3) is 0. The largest absolute Gasteiger partial charge is 0.453 e. The first-order valence-corrected chi connectivity index (χ1v) is 12.1. The van der Waals surface area contributed by atoms with Crippen LogP contribution in [0.4, 0.5) is 0 Å². The van der Waals surface area contributed by atoms with Gasteiger partial charge in [0.2, 0.25) is 0 Å². The molecule has 0 radical (unpaired) electrons. The summed E-state index contributed by atoms with van der Waals surface area (Å²) < 4.78 is 17.9. The summed E-state index contributed by atoms with van der Waals surface area (Å²) in [5.74, 6) is 0. The van der Waals surface area contributed by atoms with Crippen molar-refractivity contribution in [2.24, 2.45) is 0 Å². The standard InChI is InChI=1S/C32H18N2O2/c1-3-11-21-19(9-1)17-27-31-29(21)33-23-13-5-8-16-26(23)36-28-18-20-10-2-4-12-22(20)30(32(28)33)34(31)24-14-6-7-15-25(24)35-27/h1-18H. The highest BCUT2D eigenvalue weighted by Crippen LogP contribution is 2.46. The Kier molecular flexibility index (Phi) is 3.25. The van der Waals surface area contributed by atoms with E-state index in [1.54, 1.807) is 0 Å². The molecule has 0 aliphatic carbocycles. The molecule has 0 unspecified atom stereocenters. The fourth-order valence-corrected chi connectivity index (χ4v) is 6.02. The molecule has 3 aliphatic heterocycles. The van der Waals surface area contributed by atoms with E-state index < -0.39 is 0 Å². The van der Waals surface area contributed by atoms with Gasteiger partial charge in [-0.3, -0.25) is 9.13 Å². The lowest BCUT2D eigenvalue weighted by Crippen LogP contribution is -2.15. The van der Waals surface area contributed by atoms with E-state index in [0.717, 1.165) is 66.5 Å². The monoisotopic (exact) mass is 462 g/mol. The maximum absolute atomic E-state index is 6.59. The van der Waals surface area contributed by atoms with Gasteiger partial charge < -0.3 is 8.83 Å². The van der Waals surface area contributed by atoms with Crippen LogP contribution in [0.15, 0.2) is 118 Å². The summed E-state index contributed by atoms with van der Waals surface area (Å²) in [4.78, 5) is 0. The second-order valence-corrected chi connectivity index (χ2v) is 9.40. The lowest BCUT2D eigenvalue weighted by atomic mass is 10.0. The van der Waals surface area contributed by atoms with E-state index in [1.165, 1.54) is 10.8 Å². The van der Waals surface area contributed by atoms with Crippen LogP contribution in [0.2, 0.25) is 0 Å². The van der Waals surface area contributed by atoms with Crippen LogP contribution in [-0.2, 0) is 0 Å². The van der Waals surface area contributed by atoms with Crippen molar-refractivity contribution in [3.8, 4) is 11.4 Å². The molecule has 0 aromatic heterocycles. The van der Waals surface area contributed by atoms with E-state index in [-0.39, 0.29) is 0 Å². The molecular weight excluding hydrogens is 444 g/mol. The van der Waals surface area contributed by atoms with E-state index in [9.17, 15) is 0 Å². The van der Waals surface area contributed by atoms with E-state index in [2.05, 4.69) is 94.1 Å². The van der Waals surface area contributed by atoms with Gasteiger partial charge in [-0.25, -0.2) is 0 Å². The molecule has 4 heteroatoms. The Morgan fingerprint density at radius 1 is 0.417 bits per heavy atom. The number of aromatic nitrogens is 2. The van der Waals surface area contributed by atoms with Crippen molar-refractivity contribution in [3.05, 3.63) is 109 Å². The summed E-state index contributed by atoms with van der Waals surface area (Å²) >= 11 is 0. The van der Waals surface area contributed by atoms with Crippen molar-refractivity contribution < 1.29 is 8.83 Å². The SMILES string of the molecule is c1ccc2c(c1)cc1oc3ccccc3n3c4c5c(cc6ccccc64)oc4ccccc4n-5c2c1-3. The van der Waals surface area contributed by atoms with E-state index in [0.29, 0.717) is 0 Å². The van der Waals surface area contributed by atoms with E-state index in [4.69, 9.17) is 8.83 Å². The number of para-hydroxylation sites is 4. The Balaban J connectivity index is 1.76. The summed E-state index contributed by atoms with van der Waals surface area (Å²) in [5.41, 5.74) is 9.78. The van der Waals surface area contributed by atoms with Gasteiger partial charge in [-0.2, -0.15) is 0 Å². The van der Waals surface area contributed by atoms with Gasteiger partial charge in [0, 0.05) is 10.8 Å². The predicted octanol–water partition coefficient (Wildman–Crippen LogP) is 8.81. The number of hydrogen-bond acceptors (Lipinski definition) is 2. The second-order valence-electron chi connectivity index (χ2n) is 9.40. The van der Waals surface area contributed by atoms with Crippen molar-refractivity contribution in [2.75, 3.05) is 0 Å². The number of hydrogen-bond donors (Lipinski definition) is 0. The minimum atomic E-state index is 0.846. The van der Waals surface area contributed by atoms with Crippen LogP contribution < -0.4 is 0 Å². The topological polar surface area (TPSA) is 36.1 Å². The molecule has 3 aliphatic rings. The van der Waals surface area contributed by atoms with Crippen LogP contribution in [0.1, 0.15) is 0 Å². The average molecular weight is 463 g/mol. The Morgan fingerprint density at radius 2 is 0.833 bits per heavy atom. The van der Waals surface area contributed by atoms with Crippen LogP contribution in [0, 0.1) is 0 Å². The van der Waals surface area contributed by atoms with Gasteiger partial charge in [0.1, 0.15) is 11.4 Å². The third kappa shape index (κ3) is 2.15. The molecule has 0 atom stereocenters. The number of rotatable bonds is 0. The quantitative estimate of drug-likeness (QED) is 0.167. The van der Waals surface area contributed by atoms with E-state index >= 15 is 0 Å². The molecule has 6 aromatic rings. The molecule has 0 amide bonds. The van der Waals surface area contributed by atoms with Crippen LogP contribution in [0.5, 0.6) is 0 Å². The Hall–Kier alpha value is -4.96. The van der Waals surface area contributed by atoms with Crippen molar-refractivity contribution in [3.63, 3.8) is 0 Å². The average Bonchev–Trinajstić information content (AvgIpc) is 2.93. The summed E-state index contributed by atoms with van der Waals surface area (Å²) in [6.45, 7) is 0. The lowest BCUT2D eigenvalue weighted by Gasteiger charge is -2.29. The van der Waals surface area contributed by atoms with Crippen molar-refractivity contribution in [2.45, 2.75) is 0 Å². The Morgan fingerprint density at radius 3 is 1.33 bits per heavy atom. The highest BCUT2D eigenvalue weighted by Gasteiger charge is 2.28. The molecule has 0 N–H and O–H groups in total. The Labute approximate surface area is 204 Å². The first-order chi connectivity index (χ1) is 17.9. The zero-order valence-corrected chi connectivity index (χ0v) is 19.1. The van der Waals surface area contributed by atoms with E-state index in [1.807, 2.05) is 24.3 Å². The molecule has 9 rings (SSSR count). The van der Waals surface area contributed by atoms with Gasteiger partial charge >= 0.3 is 0 Å². The van der Waals surface area contributed by atoms with Gasteiger partial charge in [0.15, 0.2) is 22.3 Å². The first-order valence-electron chi connectivity index (χ1n) is 12.1. The zero-order valence-electron chi connectivity index (χ0n) is 19.1. The minimum Gasteiger partial charge on any atom is -0.453 e. The molecule has 0 saturated carbocycles. The molecule has 6 aromatic carbocycles. The summed E-state index contributed by atoms with van der Waals surface area (Å²) in [7, 11) is 0. The lowest BCUT2D eigenvalue weighted by molar-refractivity contribution is 0.641. The molecule has 0 saturated heterocycles. The van der Waals surface area contributed by atoms with Crippen LogP contribution in [-0.4, -0.2) is 9.13 Å². The van der Waals surface area contributed by atoms with Gasteiger partial charge in [-0.1, -0.05) is 72.8 Å². The van der Waals surface area contributed by atoms with Crippen LogP contribution in [0.3, 0.4) is 0 Å². The number of benzene rings is 6. The van der Waals surface area contributed by atoms with Gasteiger partial charge in [-0.05, 0) is 47.2 Å². The zero-order chi connectivity index (χ0) is 23.4. The number of nitrogens with zero attached hydrogens (tertiary/aromatic N) is 2. The van der Waals surface area contributed by atoms with Crippen molar-refractivity contribution in [1.82, 2.24) is 9.13 Å². The second kappa shape index (κ2) is 6.37. The molecule has 0 spiro atoms. The first kappa shape index (κ1) is 18.4. The minimum absolute atomic E-state index is 0.846. The fourth-order valence-electron chi connectivity index (χ4n) is 6.02. The molecule has 4 nitrogen and oxygen atoms in total. The molecule has 36 heavy (non-hydrogen) atoms. The smallest absolute Gasteiger partial charge is 0.154 e. The summed E-state index contributed by atoms with van der Waals surface area (Å²) in [5, 5.41) is 4.62. The van der Waals surface area contributed by atoms with Crippen LogP contribution in [0.25, 0.3) is 77.3 Å². The summed E-state index contributed by atoms with van der Waals surface area (Å²) in [6, 6.07) is 38.0. The maximum atomic E-state index is 6.59. The highest BCUT2D eigenvalue weighted by molar-refractivity contribution is 6.17. The molecule has 0 fully saturated rings. The predicted molar refractivity (Wildman–Crippen MR) is 146 cm³/mol. The molecule has 0 bridgehead atoms. The third-order valence-corrected chi connectivity index (χ3v) is 7.47. The van der Waals surface area contributed by atoms with Crippen molar-refractivity contribution in [1.29, 1.82) is 0 Å². The third-order valence-electron chi connectivity index (χ3n) is 7.47. The van der Waals surface area contributed by atoms with Gasteiger partial charge in [0.05, 0.1) is 22.1 Å². The van der Waals surface area contributed by atoms with Gasteiger partial charge in [-0.15, -0.1) is 0 Å². The molecule has 3 heterocycles. The summed E-state index contributed by atoms with van der Waals surface area (Å²) in [6.07, 6.45) is 0. The normalized spacial score (nSPS) is 12.4. The Bertz CT molecular complexity index is 2110.